The van der Waals surface area contributed by atoms with Crippen molar-refractivity contribution in [2.75, 3.05) is 31.1 Å². The summed E-state index contributed by atoms with van der Waals surface area (Å²) in [5.41, 5.74) is 4.65. The Kier molecular flexibility index (Phi) is 9.51. The second-order valence-corrected chi connectivity index (χ2v) is 10.8. The molecule has 5 rings (SSSR count). The third-order valence-electron chi connectivity index (χ3n) is 7.38. The van der Waals surface area contributed by atoms with E-state index >= 15 is 0 Å². The van der Waals surface area contributed by atoms with Gasteiger partial charge in [0.2, 0.25) is 5.91 Å². The summed E-state index contributed by atoms with van der Waals surface area (Å²) in [6, 6.07) is 22.9. The molecule has 10 heteroatoms. The first-order valence-corrected chi connectivity index (χ1v) is 14.4. The SMILES string of the molecule is CC(=O)N1CCCN(Cc2ccccc2)CCN(C(=O)c2ccc(OCc3nonc3C)cc2)Cc2cc(Cl)ccc21. The number of halogens is 1. The quantitative estimate of drug-likeness (QED) is 0.294. The van der Waals surface area contributed by atoms with Gasteiger partial charge in [0.05, 0.1) is 0 Å². The highest BCUT2D eigenvalue weighted by Crippen LogP contribution is 2.28. The van der Waals surface area contributed by atoms with E-state index in [9.17, 15) is 9.59 Å². The molecular weight excluding hydrogens is 554 g/mol. The van der Waals surface area contributed by atoms with Gasteiger partial charge in [0.1, 0.15) is 23.7 Å². The van der Waals surface area contributed by atoms with Crippen molar-refractivity contribution >= 4 is 29.1 Å². The van der Waals surface area contributed by atoms with Gasteiger partial charge in [-0.1, -0.05) is 52.2 Å². The van der Waals surface area contributed by atoms with Crippen molar-refractivity contribution < 1.29 is 19.0 Å². The summed E-state index contributed by atoms with van der Waals surface area (Å²) in [6.07, 6.45) is 0.799. The predicted molar refractivity (Wildman–Crippen MR) is 160 cm³/mol. The van der Waals surface area contributed by atoms with E-state index in [1.165, 1.54) is 5.56 Å². The van der Waals surface area contributed by atoms with Crippen LogP contribution in [0, 0.1) is 6.92 Å². The summed E-state index contributed by atoms with van der Waals surface area (Å²) in [7, 11) is 0. The summed E-state index contributed by atoms with van der Waals surface area (Å²) in [4.78, 5) is 32.7. The van der Waals surface area contributed by atoms with Crippen LogP contribution in [-0.4, -0.2) is 58.1 Å². The van der Waals surface area contributed by atoms with Crippen LogP contribution in [0.5, 0.6) is 5.75 Å². The zero-order chi connectivity index (χ0) is 29.5. The van der Waals surface area contributed by atoms with E-state index in [0.717, 1.165) is 30.8 Å². The van der Waals surface area contributed by atoms with Crippen LogP contribution in [0.15, 0.2) is 77.4 Å². The second-order valence-electron chi connectivity index (χ2n) is 10.4. The van der Waals surface area contributed by atoms with E-state index in [1.807, 2.05) is 35.2 Å². The molecule has 0 N–H and O–H groups in total. The molecule has 0 aliphatic carbocycles. The molecule has 0 bridgehead atoms. The Morgan fingerprint density at radius 1 is 0.952 bits per heavy atom. The Morgan fingerprint density at radius 2 is 1.74 bits per heavy atom. The van der Waals surface area contributed by atoms with Gasteiger partial charge in [-0.15, -0.1) is 0 Å². The van der Waals surface area contributed by atoms with Crippen molar-refractivity contribution in [3.05, 3.63) is 106 Å². The van der Waals surface area contributed by atoms with Gasteiger partial charge in [-0.2, -0.15) is 0 Å². The molecule has 1 aliphatic heterocycles. The molecule has 0 atom stereocenters. The molecule has 218 valence electrons. The molecule has 0 radical (unpaired) electrons. The van der Waals surface area contributed by atoms with E-state index in [2.05, 4.69) is 27.3 Å². The number of anilines is 1. The van der Waals surface area contributed by atoms with Crippen molar-refractivity contribution in [1.29, 1.82) is 0 Å². The average molecular weight is 588 g/mol. The number of fused-ring (bicyclic) bond motifs is 1. The highest BCUT2D eigenvalue weighted by atomic mass is 35.5. The fourth-order valence-electron chi connectivity index (χ4n) is 5.08. The van der Waals surface area contributed by atoms with Crippen LogP contribution >= 0.6 is 11.6 Å². The highest BCUT2D eigenvalue weighted by molar-refractivity contribution is 6.30. The van der Waals surface area contributed by atoms with E-state index in [0.29, 0.717) is 53.9 Å². The normalized spacial score (nSPS) is 14.6. The predicted octanol–water partition coefficient (Wildman–Crippen LogP) is 5.51. The van der Waals surface area contributed by atoms with Crippen LogP contribution in [0.25, 0.3) is 0 Å². The van der Waals surface area contributed by atoms with Gasteiger partial charge < -0.3 is 14.5 Å². The highest BCUT2D eigenvalue weighted by Gasteiger charge is 2.24. The second kappa shape index (κ2) is 13.6. The standard InChI is InChI=1S/C32H34ClN5O4/c1-23-30(35-42-34-23)22-41-29-12-9-26(10-13-29)32(40)37-18-17-36(20-25-7-4-3-5-8-25)15-6-16-38(24(2)39)31-14-11-28(33)19-27(31)21-37/h3-5,7-14,19H,6,15-18,20-22H2,1-2H3. The van der Waals surface area contributed by atoms with E-state index < -0.39 is 0 Å². The molecule has 4 aromatic rings. The number of benzene rings is 3. The van der Waals surface area contributed by atoms with Crippen LogP contribution in [0.4, 0.5) is 5.69 Å². The topological polar surface area (TPSA) is 92.0 Å². The maximum atomic E-state index is 13.9. The third kappa shape index (κ3) is 7.35. The maximum absolute atomic E-state index is 13.9. The lowest BCUT2D eigenvalue weighted by atomic mass is 10.1. The van der Waals surface area contributed by atoms with Crippen LogP contribution in [0.1, 0.15) is 46.2 Å². The minimum Gasteiger partial charge on any atom is -0.487 e. The Bertz CT molecular complexity index is 1510. The lowest BCUT2D eigenvalue weighted by molar-refractivity contribution is -0.116. The van der Waals surface area contributed by atoms with E-state index in [1.54, 1.807) is 49.1 Å². The maximum Gasteiger partial charge on any atom is 0.254 e. The number of aromatic nitrogens is 2. The average Bonchev–Trinajstić information content (AvgIpc) is 3.39. The minimum absolute atomic E-state index is 0.0440. The monoisotopic (exact) mass is 587 g/mol. The number of amides is 2. The Labute approximate surface area is 250 Å². The van der Waals surface area contributed by atoms with E-state index in [4.69, 9.17) is 21.0 Å². The molecule has 3 aromatic carbocycles. The van der Waals surface area contributed by atoms with Crippen LogP contribution < -0.4 is 9.64 Å². The number of rotatable bonds is 6. The molecule has 9 nitrogen and oxygen atoms in total. The lowest BCUT2D eigenvalue weighted by Crippen LogP contribution is -2.38. The van der Waals surface area contributed by atoms with Crippen LogP contribution in [-0.2, 0) is 24.5 Å². The first kappa shape index (κ1) is 29.3. The van der Waals surface area contributed by atoms with Crippen molar-refractivity contribution in [1.82, 2.24) is 20.1 Å². The Hall–Kier alpha value is -4.21. The van der Waals surface area contributed by atoms with Gasteiger partial charge >= 0.3 is 0 Å². The number of nitrogens with zero attached hydrogens (tertiary/aromatic N) is 5. The number of ether oxygens (including phenoxy) is 1. The first-order valence-electron chi connectivity index (χ1n) is 14.0. The largest absolute Gasteiger partial charge is 0.487 e. The molecule has 0 fully saturated rings. The van der Waals surface area contributed by atoms with Gasteiger partial charge in [-0.05, 0) is 66.9 Å². The molecule has 42 heavy (non-hydrogen) atoms. The Balaban J connectivity index is 1.40. The number of hydrogen-bond acceptors (Lipinski definition) is 7. The molecule has 1 aromatic heterocycles. The van der Waals surface area contributed by atoms with Crippen molar-refractivity contribution in [3.63, 3.8) is 0 Å². The molecule has 0 unspecified atom stereocenters. The fraction of sp³-hybridized carbons (Fsp3) is 0.312. The molecule has 0 saturated heterocycles. The summed E-state index contributed by atoms with van der Waals surface area (Å²) in [5, 5.41) is 8.16. The first-order chi connectivity index (χ1) is 20.4. The number of aryl methyl sites for hydroxylation is 1. The van der Waals surface area contributed by atoms with Gasteiger partial charge in [0.15, 0.2) is 0 Å². The molecule has 2 heterocycles. The van der Waals surface area contributed by atoms with Crippen molar-refractivity contribution in [2.45, 2.75) is 40.0 Å². The molecular formula is C32H34ClN5O4. The summed E-state index contributed by atoms with van der Waals surface area (Å²) in [6.45, 7) is 7.22. The number of hydrogen-bond donors (Lipinski definition) is 0. The van der Waals surface area contributed by atoms with Crippen LogP contribution in [0.3, 0.4) is 0 Å². The lowest BCUT2D eigenvalue weighted by Gasteiger charge is -2.28. The fourth-order valence-corrected chi connectivity index (χ4v) is 5.28. The van der Waals surface area contributed by atoms with Gasteiger partial charge in [0.25, 0.3) is 5.91 Å². The molecule has 0 spiro atoms. The summed E-state index contributed by atoms with van der Waals surface area (Å²) in [5.74, 6) is 0.449. The van der Waals surface area contributed by atoms with Gasteiger partial charge in [-0.25, -0.2) is 4.63 Å². The van der Waals surface area contributed by atoms with Gasteiger partial charge in [-0.3, -0.25) is 14.5 Å². The number of carbonyl (C=O) groups excluding carboxylic acids is 2. The van der Waals surface area contributed by atoms with E-state index in [-0.39, 0.29) is 18.4 Å². The van der Waals surface area contributed by atoms with Crippen molar-refractivity contribution in [2.24, 2.45) is 0 Å². The molecule has 2 amide bonds. The summed E-state index contributed by atoms with van der Waals surface area (Å²) < 4.78 is 10.5. The van der Waals surface area contributed by atoms with Gasteiger partial charge in [0, 0.05) is 62.5 Å². The minimum atomic E-state index is -0.114. The molecule has 1 aliphatic rings. The zero-order valence-corrected chi connectivity index (χ0v) is 24.6. The summed E-state index contributed by atoms with van der Waals surface area (Å²) >= 11 is 6.41. The number of carbonyl (C=O) groups is 2. The van der Waals surface area contributed by atoms with Crippen LogP contribution in [0.2, 0.25) is 5.02 Å². The smallest absolute Gasteiger partial charge is 0.254 e. The zero-order valence-electron chi connectivity index (χ0n) is 23.8. The third-order valence-corrected chi connectivity index (χ3v) is 7.61. The molecule has 0 saturated carbocycles. The van der Waals surface area contributed by atoms with Crippen molar-refractivity contribution in [3.8, 4) is 5.75 Å². The Morgan fingerprint density at radius 3 is 2.45 bits per heavy atom.